The fraction of sp³-hybridized carbons (Fsp3) is 0.500. The number of benzene rings is 1. The minimum absolute atomic E-state index is 0.194. The summed E-state index contributed by atoms with van der Waals surface area (Å²) in [6.07, 6.45) is -0.668. The first-order chi connectivity index (χ1) is 10.3. The van der Waals surface area contributed by atoms with Crippen molar-refractivity contribution in [3.05, 3.63) is 35.4 Å². The summed E-state index contributed by atoms with van der Waals surface area (Å²) < 4.78 is 4.64. The first kappa shape index (κ1) is 18.1. The zero-order chi connectivity index (χ0) is 16.8. The van der Waals surface area contributed by atoms with Crippen LogP contribution in [-0.2, 0) is 9.53 Å². The van der Waals surface area contributed by atoms with E-state index in [0.29, 0.717) is 17.5 Å². The third-order valence-electron chi connectivity index (χ3n) is 3.68. The fourth-order valence-electron chi connectivity index (χ4n) is 2.23. The van der Waals surface area contributed by atoms with Crippen molar-refractivity contribution in [3.63, 3.8) is 0 Å². The summed E-state index contributed by atoms with van der Waals surface area (Å²) in [6, 6.07) is 6.32. The van der Waals surface area contributed by atoms with Gasteiger partial charge in [0.1, 0.15) is 6.10 Å². The van der Waals surface area contributed by atoms with Gasteiger partial charge in [0, 0.05) is 13.5 Å². The maximum atomic E-state index is 11.5. The number of amides is 1. The molecule has 122 valence electrons. The van der Waals surface area contributed by atoms with E-state index in [1.807, 2.05) is 0 Å². The van der Waals surface area contributed by atoms with Crippen molar-refractivity contribution in [1.29, 1.82) is 0 Å². The molecule has 0 bridgehead atoms. The summed E-state index contributed by atoms with van der Waals surface area (Å²) in [6.45, 7) is 3.40. The summed E-state index contributed by atoms with van der Waals surface area (Å²) in [5.41, 5.74) is -0.661. The van der Waals surface area contributed by atoms with Crippen LogP contribution in [0.1, 0.15) is 48.7 Å². The maximum absolute atomic E-state index is 11.5. The molecule has 0 aliphatic rings. The van der Waals surface area contributed by atoms with Gasteiger partial charge in [-0.05, 0) is 30.5 Å². The largest absolute Gasteiger partial charge is 0.465 e. The summed E-state index contributed by atoms with van der Waals surface area (Å²) in [4.78, 5) is 22.4. The SMILES string of the molecule is CCC(O)(CCNC(C)=O)C(O)c1cccc(C(=O)OC)c1. The van der Waals surface area contributed by atoms with E-state index in [-0.39, 0.29) is 18.9 Å². The van der Waals surface area contributed by atoms with Gasteiger partial charge >= 0.3 is 5.97 Å². The third-order valence-corrected chi connectivity index (χ3v) is 3.68. The van der Waals surface area contributed by atoms with Crippen molar-refractivity contribution in [3.8, 4) is 0 Å². The van der Waals surface area contributed by atoms with E-state index in [1.54, 1.807) is 25.1 Å². The standard InChI is InChI=1S/C16H23NO5/c1-4-16(21,8-9-17-11(2)18)14(19)12-6-5-7-13(10-12)15(20)22-3/h5-7,10,14,19,21H,4,8-9H2,1-3H3,(H,17,18). The van der Waals surface area contributed by atoms with Gasteiger partial charge in [0.05, 0.1) is 18.3 Å². The molecule has 0 fully saturated rings. The summed E-state index contributed by atoms with van der Waals surface area (Å²) >= 11 is 0. The van der Waals surface area contributed by atoms with Crippen LogP contribution < -0.4 is 5.32 Å². The second kappa shape index (κ2) is 7.91. The number of hydrogen-bond acceptors (Lipinski definition) is 5. The van der Waals surface area contributed by atoms with Crippen LogP contribution in [0.3, 0.4) is 0 Å². The predicted molar refractivity (Wildman–Crippen MR) is 81.3 cm³/mol. The van der Waals surface area contributed by atoms with E-state index in [2.05, 4.69) is 10.1 Å². The van der Waals surface area contributed by atoms with Crippen LogP contribution in [0.2, 0.25) is 0 Å². The number of esters is 1. The lowest BCUT2D eigenvalue weighted by Crippen LogP contribution is -2.39. The zero-order valence-corrected chi connectivity index (χ0v) is 13.1. The Morgan fingerprint density at radius 2 is 2.09 bits per heavy atom. The summed E-state index contributed by atoms with van der Waals surface area (Å²) in [7, 11) is 1.28. The molecule has 0 heterocycles. The highest BCUT2D eigenvalue weighted by atomic mass is 16.5. The normalized spacial score (nSPS) is 14.8. The summed E-state index contributed by atoms with van der Waals surface area (Å²) in [5.74, 6) is -0.701. The molecule has 0 saturated carbocycles. The van der Waals surface area contributed by atoms with Crippen molar-refractivity contribution in [2.75, 3.05) is 13.7 Å². The Morgan fingerprint density at radius 1 is 1.41 bits per heavy atom. The number of carbonyl (C=O) groups excluding carboxylic acids is 2. The molecule has 6 nitrogen and oxygen atoms in total. The van der Waals surface area contributed by atoms with Gasteiger partial charge in [-0.15, -0.1) is 0 Å². The van der Waals surface area contributed by atoms with Gasteiger partial charge in [-0.1, -0.05) is 19.1 Å². The smallest absolute Gasteiger partial charge is 0.337 e. The topological polar surface area (TPSA) is 95.9 Å². The van der Waals surface area contributed by atoms with Crippen LogP contribution in [0, 0.1) is 0 Å². The number of hydrogen-bond donors (Lipinski definition) is 3. The number of rotatable bonds is 7. The first-order valence-corrected chi connectivity index (χ1v) is 7.17. The number of carbonyl (C=O) groups is 2. The molecule has 22 heavy (non-hydrogen) atoms. The quantitative estimate of drug-likeness (QED) is 0.657. The van der Waals surface area contributed by atoms with E-state index in [9.17, 15) is 19.8 Å². The van der Waals surface area contributed by atoms with Crippen molar-refractivity contribution in [1.82, 2.24) is 5.32 Å². The maximum Gasteiger partial charge on any atom is 0.337 e. The first-order valence-electron chi connectivity index (χ1n) is 7.17. The van der Waals surface area contributed by atoms with Crippen molar-refractivity contribution >= 4 is 11.9 Å². The van der Waals surface area contributed by atoms with Crippen molar-refractivity contribution in [2.45, 2.75) is 38.4 Å². The lowest BCUT2D eigenvalue weighted by Gasteiger charge is -2.32. The Kier molecular flexibility index (Phi) is 6.52. The molecule has 0 saturated heterocycles. The molecule has 3 N–H and O–H groups in total. The molecule has 0 aliphatic heterocycles. The van der Waals surface area contributed by atoms with E-state index >= 15 is 0 Å². The van der Waals surface area contributed by atoms with Gasteiger partial charge in [-0.2, -0.15) is 0 Å². The van der Waals surface area contributed by atoms with Gasteiger partial charge in [0.25, 0.3) is 0 Å². The number of aliphatic hydroxyl groups excluding tert-OH is 1. The van der Waals surface area contributed by atoms with Gasteiger partial charge in [-0.3, -0.25) is 4.79 Å². The average Bonchev–Trinajstić information content (AvgIpc) is 2.52. The van der Waals surface area contributed by atoms with Crippen molar-refractivity contribution in [2.24, 2.45) is 0 Å². The lowest BCUT2D eigenvalue weighted by molar-refractivity contribution is -0.120. The Labute approximate surface area is 130 Å². The minimum atomic E-state index is -1.39. The Hall–Kier alpha value is -1.92. The van der Waals surface area contributed by atoms with Crippen LogP contribution in [0.5, 0.6) is 0 Å². The highest BCUT2D eigenvalue weighted by Gasteiger charge is 2.34. The van der Waals surface area contributed by atoms with Gasteiger partial charge in [0.2, 0.25) is 5.91 Å². The van der Waals surface area contributed by atoms with Crippen molar-refractivity contribution < 1.29 is 24.5 Å². The summed E-state index contributed by atoms with van der Waals surface area (Å²) in [5, 5.41) is 23.7. The van der Waals surface area contributed by atoms with E-state index in [4.69, 9.17) is 0 Å². The molecular formula is C16H23NO5. The van der Waals surface area contributed by atoms with Crippen LogP contribution in [0.15, 0.2) is 24.3 Å². The van der Waals surface area contributed by atoms with E-state index in [1.165, 1.54) is 20.1 Å². The van der Waals surface area contributed by atoms with Gasteiger partial charge in [0.15, 0.2) is 0 Å². The molecule has 0 aromatic heterocycles. The van der Waals surface area contributed by atoms with Crippen LogP contribution in [0.25, 0.3) is 0 Å². The Morgan fingerprint density at radius 3 is 2.64 bits per heavy atom. The number of methoxy groups -OCH3 is 1. The predicted octanol–water partition coefficient (Wildman–Crippen LogP) is 1.17. The lowest BCUT2D eigenvalue weighted by atomic mass is 9.85. The minimum Gasteiger partial charge on any atom is -0.465 e. The molecule has 6 heteroatoms. The fourth-order valence-corrected chi connectivity index (χ4v) is 2.23. The molecule has 0 radical (unpaired) electrons. The second-order valence-corrected chi connectivity index (χ2v) is 5.21. The number of nitrogens with one attached hydrogen (secondary N) is 1. The molecule has 2 atom stereocenters. The molecule has 1 rings (SSSR count). The third kappa shape index (κ3) is 4.54. The number of aliphatic hydroxyl groups is 2. The van der Waals surface area contributed by atoms with E-state index < -0.39 is 17.7 Å². The molecule has 0 aliphatic carbocycles. The molecule has 1 aromatic carbocycles. The van der Waals surface area contributed by atoms with Gasteiger partial charge in [-0.25, -0.2) is 4.79 Å². The number of ether oxygens (including phenoxy) is 1. The molecule has 1 amide bonds. The monoisotopic (exact) mass is 309 g/mol. The van der Waals surface area contributed by atoms with Crippen LogP contribution >= 0.6 is 0 Å². The van der Waals surface area contributed by atoms with Crippen LogP contribution in [0.4, 0.5) is 0 Å². The second-order valence-electron chi connectivity index (χ2n) is 5.21. The average molecular weight is 309 g/mol. The zero-order valence-electron chi connectivity index (χ0n) is 13.1. The molecule has 1 aromatic rings. The molecule has 2 unspecified atom stereocenters. The highest BCUT2D eigenvalue weighted by molar-refractivity contribution is 5.89. The Balaban J connectivity index is 2.92. The molecular weight excluding hydrogens is 286 g/mol. The highest BCUT2D eigenvalue weighted by Crippen LogP contribution is 2.32. The van der Waals surface area contributed by atoms with E-state index in [0.717, 1.165) is 0 Å². The van der Waals surface area contributed by atoms with Crippen LogP contribution in [-0.4, -0.2) is 41.3 Å². The molecule has 0 spiro atoms. The van der Waals surface area contributed by atoms with Gasteiger partial charge < -0.3 is 20.3 Å². The Bertz CT molecular complexity index is 531.